The van der Waals surface area contributed by atoms with Crippen LogP contribution >= 0.6 is 0 Å². The Labute approximate surface area is 95.8 Å². The van der Waals surface area contributed by atoms with Crippen LogP contribution in [0.15, 0.2) is 0 Å². The van der Waals surface area contributed by atoms with Crippen LogP contribution in [0.3, 0.4) is 0 Å². The van der Waals surface area contributed by atoms with E-state index in [0.717, 1.165) is 0 Å². The van der Waals surface area contributed by atoms with Crippen molar-refractivity contribution in [1.29, 1.82) is 0 Å². The van der Waals surface area contributed by atoms with Crippen molar-refractivity contribution in [3.8, 4) is 0 Å². The molecule has 0 aliphatic rings. The quantitative estimate of drug-likeness (QED) is 0.258. The summed E-state index contributed by atoms with van der Waals surface area (Å²) < 4.78 is 0. The highest BCUT2D eigenvalue weighted by Gasteiger charge is 2.33. The maximum absolute atomic E-state index is 10.1. The third-order valence-corrected chi connectivity index (χ3v) is 1.51. The van der Waals surface area contributed by atoms with Gasteiger partial charge in [0.2, 0.25) is 0 Å². The van der Waals surface area contributed by atoms with E-state index in [1.165, 1.54) is 0 Å². The predicted molar refractivity (Wildman–Crippen MR) is 47.3 cm³/mol. The Kier molecular flexibility index (Phi) is 8.64. The Bertz CT molecular complexity index is 176. The van der Waals surface area contributed by atoms with Crippen LogP contribution < -0.4 is 0 Å². The number of aliphatic carboxylic acids is 1. The molecule has 0 radical (unpaired) electrons. The van der Waals surface area contributed by atoms with Crippen LogP contribution in [-0.2, 0) is 4.79 Å². The van der Waals surface area contributed by atoms with Gasteiger partial charge in [0, 0.05) is 0 Å². The van der Waals surface area contributed by atoms with Crippen molar-refractivity contribution in [2.24, 2.45) is 0 Å². The first-order valence-electron chi connectivity index (χ1n) is 3.47. The monoisotopic (exact) mass is 222 g/mol. The van der Waals surface area contributed by atoms with Crippen molar-refractivity contribution >= 4 is 29.0 Å². The van der Waals surface area contributed by atoms with Gasteiger partial charge in [-0.2, -0.15) is 0 Å². The number of carbonyl (C=O) groups is 1. The molecule has 0 amide bonds. The van der Waals surface area contributed by atoms with Gasteiger partial charge in [-0.05, 0) is 0 Å². The minimum Gasteiger partial charge on any atom is -0.479 e. The van der Waals surface area contributed by atoms with Crippen LogP contribution in [0.1, 0.15) is 0 Å². The molecule has 0 aromatic rings. The highest BCUT2D eigenvalue weighted by atomic mass is 24.3. The summed E-state index contributed by atoms with van der Waals surface area (Å²) in [5, 5.41) is 51.8. The highest BCUT2D eigenvalue weighted by Crippen LogP contribution is 2.04. The molecule has 14 heavy (non-hydrogen) atoms. The van der Waals surface area contributed by atoms with E-state index in [-0.39, 0.29) is 23.1 Å². The first kappa shape index (κ1) is 16.5. The Morgan fingerprint density at radius 3 is 1.79 bits per heavy atom. The van der Waals surface area contributed by atoms with Gasteiger partial charge in [0.1, 0.15) is 18.3 Å². The fourth-order valence-electron chi connectivity index (χ4n) is 0.668. The summed E-state index contributed by atoms with van der Waals surface area (Å²) in [5.41, 5.74) is 0. The van der Waals surface area contributed by atoms with Gasteiger partial charge in [0.15, 0.2) is 6.10 Å². The van der Waals surface area contributed by atoms with Gasteiger partial charge in [0.25, 0.3) is 0 Å². The smallest absolute Gasteiger partial charge is 0.335 e. The standard InChI is InChI=1S/C6H12O7.Mg.2H/c7-1-2(8)3(9)4(10)5(11)6(12)13;;;/h2-5,7-11H,1H2,(H,12,13);;;. The van der Waals surface area contributed by atoms with Gasteiger partial charge >= 0.3 is 29.0 Å². The van der Waals surface area contributed by atoms with Crippen LogP contribution in [0.5, 0.6) is 0 Å². The van der Waals surface area contributed by atoms with Gasteiger partial charge in [-0.15, -0.1) is 0 Å². The predicted octanol–water partition coefficient (Wildman–Crippen LogP) is -4.41. The molecule has 82 valence electrons. The third kappa shape index (κ3) is 4.51. The molecule has 4 atom stereocenters. The van der Waals surface area contributed by atoms with Crippen LogP contribution in [0.25, 0.3) is 0 Å². The van der Waals surface area contributed by atoms with E-state index >= 15 is 0 Å². The van der Waals surface area contributed by atoms with Crippen LogP contribution in [-0.4, -0.2) is 90.7 Å². The Morgan fingerprint density at radius 1 is 1.07 bits per heavy atom. The summed E-state index contributed by atoms with van der Waals surface area (Å²) in [6.07, 6.45) is -7.84. The SMILES string of the molecule is O=C(O)C(O)C(O)C(O)C(O)CO.[MgH2]. The molecule has 7 nitrogen and oxygen atoms in total. The van der Waals surface area contributed by atoms with Crippen molar-refractivity contribution in [2.45, 2.75) is 24.4 Å². The lowest BCUT2D eigenvalue weighted by atomic mass is 10.0. The van der Waals surface area contributed by atoms with E-state index in [9.17, 15) is 4.79 Å². The first-order valence-corrected chi connectivity index (χ1v) is 3.47. The minimum absolute atomic E-state index is 0. The Balaban J connectivity index is 0. The van der Waals surface area contributed by atoms with E-state index in [4.69, 9.17) is 30.6 Å². The summed E-state index contributed by atoms with van der Waals surface area (Å²) in [6, 6.07) is 0. The molecule has 0 aromatic heterocycles. The molecule has 6 N–H and O–H groups in total. The topological polar surface area (TPSA) is 138 Å². The lowest BCUT2D eigenvalue weighted by Gasteiger charge is -2.23. The van der Waals surface area contributed by atoms with Gasteiger partial charge in [-0.25, -0.2) is 4.79 Å². The summed E-state index contributed by atoms with van der Waals surface area (Å²) in [5.74, 6) is -1.73. The maximum atomic E-state index is 10.1. The largest absolute Gasteiger partial charge is 0.479 e. The van der Waals surface area contributed by atoms with Gasteiger partial charge in [0.05, 0.1) is 6.61 Å². The summed E-state index contributed by atoms with van der Waals surface area (Å²) >= 11 is 0. The second kappa shape index (κ2) is 7.34. The van der Waals surface area contributed by atoms with Crippen molar-refractivity contribution in [1.82, 2.24) is 0 Å². The summed E-state index contributed by atoms with van der Waals surface area (Å²) in [6.45, 7) is -0.843. The molecule has 0 aliphatic carbocycles. The molecule has 0 rings (SSSR count). The van der Waals surface area contributed by atoms with Gasteiger partial charge in [-0.1, -0.05) is 0 Å². The fourth-order valence-corrected chi connectivity index (χ4v) is 0.668. The number of hydrogen-bond acceptors (Lipinski definition) is 6. The normalized spacial score (nSPS) is 18.9. The molecule has 0 aliphatic heterocycles. The second-order valence-corrected chi connectivity index (χ2v) is 2.51. The molecule has 0 heterocycles. The van der Waals surface area contributed by atoms with E-state index in [0.29, 0.717) is 0 Å². The molecule has 0 saturated heterocycles. The molecular weight excluding hydrogens is 208 g/mol. The van der Waals surface area contributed by atoms with E-state index < -0.39 is 37.0 Å². The molecule has 0 aromatic carbocycles. The second-order valence-electron chi connectivity index (χ2n) is 2.51. The van der Waals surface area contributed by atoms with E-state index in [1.54, 1.807) is 0 Å². The van der Waals surface area contributed by atoms with E-state index in [1.807, 2.05) is 0 Å². The van der Waals surface area contributed by atoms with E-state index in [2.05, 4.69) is 0 Å². The van der Waals surface area contributed by atoms with Crippen LogP contribution in [0, 0.1) is 0 Å². The molecule has 0 fully saturated rings. The zero-order valence-electron chi connectivity index (χ0n) is 6.61. The molecule has 0 bridgehead atoms. The average Bonchev–Trinajstić information content (AvgIpc) is 2.12. The molecule has 8 heteroatoms. The maximum Gasteiger partial charge on any atom is 0.335 e. The lowest BCUT2D eigenvalue weighted by Crippen LogP contribution is -2.48. The van der Waals surface area contributed by atoms with Crippen molar-refractivity contribution in [3.63, 3.8) is 0 Å². The van der Waals surface area contributed by atoms with Gasteiger partial charge in [-0.3, -0.25) is 0 Å². The Morgan fingerprint density at radius 2 is 1.50 bits per heavy atom. The average molecular weight is 222 g/mol. The zero-order valence-corrected chi connectivity index (χ0v) is 6.61. The molecular formula is C6H14MgO7. The van der Waals surface area contributed by atoms with Crippen molar-refractivity contribution in [3.05, 3.63) is 0 Å². The first-order chi connectivity index (χ1) is 5.91. The lowest BCUT2D eigenvalue weighted by molar-refractivity contribution is -0.164. The summed E-state index contributed by atoms with van der Waals surface area (Å²) in [4.78, 5) is 10.1. The minimum atomic E-state index is -2.20. The van der Waals surface area contributed by atoms with Crippen molar-refractivity contribution < 1.29 is 35.4 Å². The number of carboxylic acid groups (broad SMARTS) is 1. The number of carboxylic acids is 1. The molecule has 0 saturated carbocycles. The van der Waals surface area contributed by atoms with Crippen LogP contribution in [0.2, 0.25) is 0 Å². The number of aliphatic hydroxyl groups excluding tert-OH is 5. The zero-order chi connectivity index (χ0) is 10.6. The molecule has 0 spiro atoms. The van der Waals surface area contributed by atoms with Gasteiger partial charge < -0.3 is 30.6 Å². The number of hydrogen-bond donors (Lipinski definition) is 6. The highest BCUT2D eigenvalue weighted by molar-refractivity contribution is 5.75. The molecule has 4 unspecified atom stereocenters. The van der Waals surface area contributed by atoms with Crippen molar-refractivity contribution in [2.75, 3.05) is 6.61 Å². The van der Waals surface area contributed by atoms with Crippen LogP contribution in [0.4, 0.5) is 0 Å². The summed E-state index contributed by atoms with van der Waals surface area (Å²) in [7, 11) is 0. The fraction of sp³-hybridized carbons (Fsp3) is 0.833. The Hall–Kier alpha value is 0.0362. The third-order valence-electron chi connectivity index (χ3n) is 1.51. The number of rotatable bonds is 5. The number of aliphatic hydroxyl groups is 5.